The Kier molecular flexibility index (Phi) is 3.84. The fourth-order valence-corrected chi connectivity index (χ4v) is 3.32. The van der Waals surface area contributed by atoms with Crippen LogP contribution in [0.5, 0.6) is 0 Å². The minimum Gasteiger partial charge on any atom is -0.387 e. The molecule has 3 N–H and O–H groups in total. The Labute approximate surface area is 105 Å². The van der Waals surface area contributed by atoms with Crippen LogP contribution >= 0.6 is 0 Å². The molecule has 3 unspecified atom stereocenters. The van der Waals surface area contributed by atoms with E-state index in [1.807, 2.05) is 4.90 Å². The van der Waals surface area contributed by atoms with Gasteiger partial charge in [-0.3, -0.25) is 5.41 Å². The SMILES string of the molecule is N=C(N)C(CN1CC2CCCC(C2)C1)C(F)(F)F. The van der Waals surface area contributed by atoms with Crippen LogP contribution in [0.2, 0.25) is 0 Å². The van der Waals surface area contributed by atoms with E-state index in [4.69, 9.17) is 11.1 Å². The van der Waals surface area contributed by atoms with Crippen LogP contribution in [-0.4, -0.2) is 36.5 Å². The number of piperidine rings is 1. The minimum absolute atomic E-state index is 0.147. The molecule has 0 aromatic carbocycles. The number of nitrogens with zero attached hydrogens (tertiary/aromatic N) is 1. The molecule has 6 heteroatoms. The highest BCUT2D eigenvalue weighted by atomic mass is 19.4. The highest BCUT2D eigenvalue weighted by Crippen LogP contribution is 2.36. The van der Waals surface area contributed by atoms with E-state index in [2.05, 4.69) is 0 Å². The fourth-order valence-electron chi connectivity index (χ4n) is 3.32. The van der Waals surface area contributed by atoms with Gasteiger partial charge in [0.15, 0.2) is 0 Å². The molecule has 2 aliphatic rings. The molecule has 3 atom stereocenters. The van der Waals surface area contributed by atoms with Crippen LogP contribution in [0.15, 0.2) is 0 Å². The first-order valence-corrected chi connectivity index (χ1v) is 6.49. The summed E-state index contributed by atoms with van der Waals surface area (Å²) in [6.07, 6.45) is 0.220. The summed E-state index contributed by atoms with van der Waals surface area (Å²) in [5, 5.41) is 7.12. The summed E-state index contributed by atoms with van der Waals surface area (Å²) in [5.74, 6) is -1.49. The van der Waals surface area contributed by atoms with Gasteiger partial charge in [0.25, 0.3) is 0 Å². The van der Waals surface area contributed by atoms with Gasteiger partial charge in [-0.1, -0.05) is 6.42 Å². The Morgan fingerprint density at radius 1 is 1.28 bits per heavy atom. The molecule has 1 aliphatic heterocycles. The summed E-state index contributed by atoms with van der Waals surface area (Å²) in [7, 11) is 0. The molecule has 0 radical (unpaired) electrons. The fraction of sp³-hybridized carbons (Fsp3) is 0.917. The number of alkyl halides is 3. The van der Waals surface area contributed by atoms with Crippen molar-refractivity contribution in [3.8, 4) is 0 Å². The van der Waals surface area contributed by atoms with Crippen LogP contribution in [0.4, 0.5) is 13.2 Å². The summed E-state index contributed by atoms with van der Waals surface area (Å²) >= 11 is 0. The molecule has 18 heavy (non-hydrogen) atoms. The van der Waals surface area contributed by atoms with Gasteiger partial charge in [0.2, 0.25) is 0 Å². The van der Waals surface area contributed by atoms with Crippen molar-refractivity contribution in [2.45, 2.75) is 31.9 Å². The Bertz CT molecular complexity index is 304. The molecule has 2 rings (SSSR count). The van der Waals surface area contributed by atoms with Crippen molar-refractivity contribution < 1.29 is 13.2 Å². The third-order valence-electron chi connectivity index (χ3n) is 4.14. The standard InChI is InChI=1S/C12H20F3N3/c13-12(14,15)10(11(16)17)7-18-5-8-2-1-3-9(4-8)6-18/h8-10H,1-7H2,(H3,16,17). The number of halogens is 3. The number of nitrogens with two attached hydrogens (primary N) is 1. The van der Waals surface area contributed by atoms with Crippen molar-refractivity contribution in [2.24, 2.45) is 23.5 Å². The predicted octanol–water partition coefficient (Wildman–Crippen LogP) is 2.22. The number of hydrogen-bond acceptors (Lipinski definition) is 2. The number of amidine groups is 1. The lowest BCUT2D eigenvalue weighted by molar-refractivity contribution is -0.162. The molecule has 1 aliphatic carbocycles. The summed E-state index contributed by atoms with van der Waals surface area (Å²) in [4.78, 5) is 1.86. The predicted molar refractivity (Wildman–Crippen MR) is 63.3 cm³/mol. The number of nitrogens with one attached hydrogen (secondary N) is 1. The van der Waals surface area contributed by atoms with Gasteiger partial charge in [0, 0.05) is 19.6 Å². The van der Waals surface area contributed by atoms with Gasteiger partial charge in [-0.25, -0.2) is 0 Å². The van der Waals surface area contributed by atoms with Crippen molar-refractivity contribution in [3.05, 3.63) is 0 Å². The monoisotopic (exact) mass is 263 g/mol. The molecule has 1 heterocycles. The average Bonchev–Trinajstić information content (AvgIpc) is 2.23. The van der Waals surface area contributed by atoms with Gasteiger partial charge < -0.3 is 10.6 Å². The van der Waals surface area contributed by atoms with Gasteiger partial charge in [0.05, 0.1) is 0 Å². The first-order chi connectivity index (χ1) is 8.36. The topological polar surface area (TPSA) is 53.1 Å². The number of hydrogen-bond donors (Lipinski definition) is 2. The number of likely N-dealkylation sites (tertiary alicyclic amines) is 1. The summed E-state index contributed by atoms with van der Waals surface area (Å²) in [6.45, 7) is 1.32. The molecule has 2 bridgehead atoms. The van der Waals surface area contributed by atoms with Crippen LogP contribution < -0.4 is 5.73 Å². The van der Waals surface area contributed by atoms with E-state index in [9.17, 15) is 13.2 Å². The van der Waals surface area contributed by atoms with Gasteiger partial charge in [-0.2, -0.15) is 13.2 Å². The third-order valence-corrected chi connectivity index (χ3v) is 4.14. The number of fused-ring (bicyclic) bond motifs is 2. The molecule has 0 aromatic rings. The van der Waals surface area contributed by atoms with Crippen LogP contribution in [0.1, 0.15) is 25.7 Å². The average molecular weight is 263 g/mol. The molecule has 0 spiro atoms. The quantitative estimate of drug-likeness (QED) is 0.606. The van der Waals surface area contributed by atoms with Crippen LogP contribution in [0.25, 0.3) is 0 Å². The summed E-state index contributed by atoms with van der Waals surface area (Å²) in [5.41, 5.74) is 5.09. The molecule has 2 fully saturated rings. The third kappa shape index (κ3) is 3.16. The normalized spacial score (nSPS) is 31.1. The maximum Gasteiger partial charge on any atom is 0.399 e. The van der Waals surface area contributed by atoms with E-state index < -0.39 is 17.9 Å². The first kappa shape index (κ1) is 13.6. The highest BCUT2D eigenvalue weighted by Gasteiger charge is 2.44. The van der Waals surface area contributed by atoms with Crippen LogP contribution in [0, 0.1) is 23.2 Å². The van der Waals surface area contributed by atoms with E-state index in [0.717, 1.165) is 32.4 Å². The molecular formula is C12H20F3N3. The first-order valence-electron chi connectivity index (χ1n) is 6.49. The zero-order valence-electron chi connectivity index (χ0n) is 10.3. The zero-order valence-corrected chi connectivity index (χ0v) is 10.3. The molecule has 0 amide bonds. The number of rotatable bonds is 3. The Hall–Kier alpha value is -0.780. The zero-order chi connectivity index (χ0) is 13.3. The highest BCUT2D eigenvalue weighted by molar-refractivity contribution is 5.80. The van der Waals surface area contributed by atoms with Crippen LogP contribution in [0.3, 0.4) is 0 Å². The second kappa shape index (κ2) is 5.07. The van der Waals surface area contributed by atoms with Gasteiger partial charge in [-0.15, -0.1) is 0 Å². The Balaban J connectivity index is 1.97. The molecule has 3 nitrogen and oxygen atoms in total. The smallest absolute Gasteiger partial charge is 0.387 e. The lowest BCUT2D eigenvalue weighted by Gasteiger charge is -2.42. The van der Waals surface area contributed by atoms with E-state index in [-0.39, 0.29) is 6.54 Å². The van der Waals surface area contributed by atoms with Crippen molar-refractivity contribution in [3.63, 3.8) is 0 Å². The largest absolute Gasteiger partial charge is 0.399 e. The van der Waals surface area contributed by atoms with Crippen molar-refractivity contribution in [2.75, 3.05) is 19.6 Å². The Morgan fingerprint density at radius 2 is 1.83 bits per heavy atom. The molecule has 1 saturated heterocycles. The van der Waals surface area contributed by atoms with E-state index in [1.165, 1.54) is 6.42 Å². The Morgan fingerprint density at radius 3 is 2.28 bits per heavy atom. The maximum absolute atomic E-state index is 12.8. The molecule has 104 valence electrons. The van der Waals surface area contributed by atoms with E-state index >= 15 is 0 Å². The van der Waals surface area contributed by atoms with Crippen LogP contribution in [-0.2, 0) is 0 Å². The van der Waals surface area contributed by atoms with Gasteiger partial charge in [0.1, 0.15) is 11.8 Å². The molecule has 0 aromatic heterocycles. The maximum atomic E-state index is 12.8. The molecular weight excluding hydrogens is 243 g/mol. The summed E-state index contributed by atoms with van der Waals surface area (Å²) < 4.78 is 38.3. The lowest BCUT2D eigenvalue weighted by atomic mass is 9.77. The summed E-state index contributed by atoms with van der Waals surface area (Å²) in [6, 6.07) is 0. The molecule has 1 saturated carbocycles. The minimum atomic E-state index is -4.40. The van der Waals surface area contributed by atoms with Gasteiger partial charge in [-0.05, 0) is 31.1 Å². The van der Waals surface area contributed by atoms with Gasteiger partial charge >= 0.3 is 6.18 Å². The van der Waals surface area contributed by atoms with E-state index in [0.29, 0.717) is 11.8 Å². The van der Waals surface area contributed by atoms with E-state index in [1.54, 1.807) is 0 Å². The lowest BCUT2D eigenvalue weighted by Crippen LogP contribution is -2.49. The second-order valence-corrected chi connectivity index (χ2v) is 5.67. The van der Waals surface area contributed by atoms with Crippen molar-refractivity contribution >= 4 is 5.84 Å². The van der Waals surface area contributed by atoms with Crippen molar-refractivity contribution in [1.29, 1.82) is 5.41 Å². The second-order valence-electron chi connectivity index (χ2n) is 5.67. The van der Waals surface area contributed by atoms with Crippen molar-refractivity contribution in [1.82, 2.24) is 4.90 Å².